The molecule has 3 heterocycles. The molecule has 15 unspecified atom stereocenters. The van der Waals surface area contributed by atoms with Crippen LogP contribution < -0.4 is 104 Å². The minimum atomic E-state index is -2.81. The fraction of sp³-hybridized carbons (Fsp3) is 0.927. The summed E-state index contributed by atoms with van der Waals surface area (Å²) >= 11 is 0. The summed E-state index contributed by atoms with van der Waals surface area (Å²) in [6.45, 7) is 15.4. The third-order valence-electron chi connectivity index (χ3n) is 16.4. The van der Waals surface area contributed by atoms with Crippen molar-refractivity contribution in [3.63, 3.8) is 0 Å². The van der Waals surface area contributed by atoms with Crippen LogP contribution in [0.3, 0.4) is 0 Å². The summed E-state index contributed by atoms with van der Waals surface area (Å²) in [4.78, 5) is 34.3. The Bertz CT molecular complexity index is 1770. The zero-order valence-corrected chi connectivity index (χ0v) is 48.5. The Balaban J connectivity index is 0.0000141. The maximum Gasteiger partial charge on any atom is 1.00 e. The number of ether oxygens (including phenoxy) is 10. The van der Waals surface area contributed by atoms with Gasteiger partial charge in [-0.3, -0.25) is 0 Å². The summed E-state index contributed by atoms with van der Waals surface area (Å²) in [7, 11) is 2.39. The minimum Gasteiger partial charge on any atom is -0.550 e. The number of aliphatic hydroxyl groups is 6. The summed E-state index contributed by atoms with van der Waals surface area (Å²) in [5.74, 6) is -8.88. The van der Waals surface area contributed by atoms with Crippen LogP contribution in [0.25, 0.3) is 0 Å². The molecule has 368 valence electrons. The number of hydrogen-bond donors (Lipinski definition) is 6. The zero-order valence-electron chi connectivity index (χ0n) is 42.5. The van der Waals surface area contributed by atoms with Gasteiger partial charge in [0.1, 0.15) is 67.2 Å². The summed E-state index contributed by atoms with van der Waals surface area (Å²) in [6.07, 6.45) is -4.74. The Kier molecular flexibility index (Phi) is 20.5. The molecule has 0 aromatic carbocycles. The van der Waals surface area contributed by atoms with E-state index in [1.807, 2.05) is 0 Å². The van der Waals surface area contributed by atoms with Crippen LogP contribution in [-0.2, 0) is 52.2 Å². The van der Waals surface area contributed by atoms with Gasteiger partial charge in [0.05, 0.1) is 19.2 Å². The van der Waals surface area contributed by atoms with E-state index in [4.69, 9.17) is 42.6 Å². The van der Waals surface area contributed by atoms with Gasteiger partial charge in [0.2, 0.25) is 0 Å². The molecule has 66 heavy (non-hydrogen) atoms. The van der Waals surface area contributed by atoms with Crippen LogP contribution in [0.15, 0.2) is 0 Å². The van der Waals surface area contributed by atoms with Crippen molar-refractivity contribution in [2.45, 2.75) is 201 Å². The van der Waals surface area contributed by atoms with E-state index >= 15 is 0 Å². The molecular weight excluding hydrogens is 913 g/mol. The fourth-order valence-electron chi connectivity index (χ4n) is 9.97. The van der Waals surface area contributed by atoms with E-state index in [0.29, 0.717) is 0 Å². The molecule has 15 atom stereocenters. The van der Waals surface area contributed by atoms with E-state index < -0.39 is 136 Å². The Morgan fingerprint density at radius 1 is 0.455 bits per heavy atom. The smallest absolute Gasteiger partial charge is 0.550 e. The summed E-state index contributed by atoms with van der Waals surface area (Å²) in [5.41, 5.74) is -28.4. The van der Waals surface area contributed by atoms with Crippen LogP contribution >= 0.6 is 0 Å². The molecule has 0 aromatic rings. The molecule has 22 nitrogen and oxygen atoms in total. The van der Waals surface area contributed by atoms with Crippen molar-refractivity contribution in [1.82, 2.24) is 0 Å². The maximum absolute atomic E-state index is 13.1. The van der Waals surface area contributed by atoms with E-state index in [0.717, 1.165) is 34.6 Å². The third-order valence-corrected chi connectivity index (χ3v) is 16.4. The van der Waals surface area contributed by atoms with Gasteiger partial charge in [-0.25, -0.2) is 0 Å². The first-order valence-corrected chi connectivity index (χ1v) is 20.3. The maximum atomic E-state index is 13.1. The van der Waals surface area contributed by atoms with Gasteiger partial charge in [0, 0.05) is 27.4 Å². The average Bonchev–Trinajstić information content (AvgIpc) is 3.11. The molecule has 3 saturated heterocycles. The molecule has 3 rings (SSSR count). The third kappa shape index (κ3) is 9.48. The molecule has 25 heteroatoms. The number of aliphatic carboxylic acids is 1. The Hall–Kier alpha value is 0.450. The van der Waals surface area contributed by atoms with E-state index in [-0.39, 0.29) is 95.1 Å². The molecule has 0 radical (unpaired) electrons. The van der Waals surface area contributed by atoms with Gasteiger partial charge in [-0.1, -0.05) is 0 Å². The molecule has 0 aromatic heterocycles. The van der Waals surface area contributed by atoms with E-state index in [1.165, 1.54) is 83.5 Å². The van der Waals surface area contributed by atoms with Crippen molar-refractivity contribution in [1.29, 1.82) is 0 Å². The first-order chi connectivity index (χ1) is 27.9. The molecule has 3 fully saturated rings. The minimum absolute atomic E-state index is 0. The second-order valence-electron chi connectivity index (χ2n) is 19.5. The second kappa shape index (κ2) is 20.4. The number of methoxy groups -OCH3 is 2. The van der Waals surface area contributed by atoms with Gasteiger partial charge >= 0.3 is 88.7 Å². The summed E-state index contributed by atoms with van der Waals surface area (Å²) < 4.78 is 59.6. The number of carboxylic acids is 1. The van der Waals surface area contributed by atoms with Crippen LogP contribution in [0.5, 0.6) is 0 Å². The Morgan fingerprint density at radius 3 is 1.08 bits per heavy atom. The topological polar surface area (TPSA) is 334 Å². The summed E-state index contributed by atoms with van der Waals surface area (Å²) in [5, 5.41) is 110. The van der Waals surface area contributed by atoms with Gasteiger partial charge < -0.3 is 108 Å². The van der Waals surface area contributed by atoms with Crippen LogP contribution in [-0.4, -0.2) is 174 Å². The zero-order chi connectivity index (χ0) is 49.5. The predicted molar refractivity (Wildman–Crippen MR) is 207 cm³/mol. The van der Waals surface area contributed by atoms with E-state index in [2.05, 4.69) is 4.74 Å². The second-order valence-corrected chi connectivity index (χ2v) is 19.5. The Labute approximate surface area is 452 Å². The number of carbonyl (C=O) groups is 3. The molecule has 0 saturated carbocycles. The predicted octanol–water partition coefficient (Wildman–Crippen LogP) is -11.1. The quantitative estimate of drug-likeness (QED) is 0.0618. The number of carbonyl (C=O) groups excluding carboxylic acids is 3. The molecule has 0 bridgehead atoms. The van der Waals surface area contributed by atoms with Gasteiger partial charge in [-0.15, -0.1) is 0 Å². The van der Waals surface area contributed by atoms with Gasteiger partial charge in [-0.05, 0) is 117 Å². The number of rotatable bonds is 16. The van der Waals surface area contributed by atoms with Crippen molar-refractivity contribution in [3.05, 3.63) is 0 Å². The molecule has 0 amide bonds. The van der Waals surface area contributed by atoms with Crippen molar-refractivity contribution < 1.29 is 196 Å². The van der Waals surface area contributed by atoms with Crippen molar-refractivity contribution in [3.8, 4) is 0 Å². The molecule has 6 N–H and O–H groups in total. The first-order valence-electron chi connectivity index (χ1n) is 20.3. The molecule has 3 aliphatic rings. The van der Waals surface area contributed by atoms with E-state index in [9.17, 15) is 60.3 Å². The molecule has 0 aliphatic carbocycles. The van der Waals surface area contributed by atoms with Gasteiger partial charge in [-0.2, -0.15) is 0 Å². The average molecular weight is 983 g/mol. The van der Waals surface area contributed by atoms with E-state index in [1.54, 1.807) is 0 Å². The Morgan fingerprint density at radius 2 is 0.758 bits per heavy atom. The van der Waals surface area contributed by atoms with Crippen molar-refractivity contribution >= 4 is 18.3 Å². The van der Waals surface area contributed by atoms with Crippen LogP contribution in [0.2, 0.25) is 0 Å². The molecule has 0 spiro atoms. The molecular formula is C41H69Na3O22. The van der Waals surface area contributed by atoms with Crippen LogP contribution in [0, 0.1) is 0 Å². The van der Waals surface area contributed by atoms with Crippen molar-refractivity contribution in [2.24, 2.45) is 0 Å². The SMILES string of the molecule is COC1(C)OC(C)(COCC(=O)[O-])C(C)(OC2(C)OC(C)(CCOC(=O)[O-])C(C)(OC3(C)OC(C)(CCOC(=O)[O-])C(C)(OC)C(C)(O)C3(C)O)C(C)(O)C2(C)O)C(C)(O)C1(C)O.[Na+].[Na+].[Na+]. The van der Waals surface area contributed by atoms with Gasteiger partial charge in [0.25, 0.3) is 12.3 Å². The van der Waals surface area contributed by atoms with Crippen LogP contribution in [0.4, 0.5) is 9.59 Å². The largest absolute Gasteiger partial charge is 1.00 e. The van der Waals surface area contributed by atoms with Crippen LogP contribution in [0.1, 0.15) is 117 Å². The number of hydrogen-bond acceptors (Lipinski definition) is 22. The van der Waals surface area contributed by atoms with Crippen molar-refractivity contribution in [2.75, 3.05) is 40.6 Å². The molecule has 3 aliphatic heterocycles. The normalized spacial score (nSPS) is 49.0. The first kappa shape index (κ1) is 66.5. The number of carboxylic acid groups (broad SMARTS) is 3. The standard InChI is InChI=1S/C41H72O22.3Na/c1-27(18-20-57-25(44)45)36(10,54-16)30(4,48)34(8,52)40(14,59-27)62-37(11)28(2,19-21-58-26(46)47)60-41(15,35(9,53)32(37,6)50)63-38(12)29(3,23-56-22-24(42)43)61-39(13,55-17)33(7,51)31(38,5)49;;;/h48-53H,18-23H2,1-17H3,(H,42,43)(H,44,45)(H,46,47);;;/q;3*+1/p-3. The monoisotopic (exact) mass is 982 g/mol. The van der Waals surface area contributed by atoms with Gasteiger partial charge in [0.15, 0.2) is 17.4 Å². The summed E-state index contributed by atoms with van der Waals surface area (Å²) in [6, 6.07) is 0. The fourth-order valence-corrected chi connectivity index (χ4v) is 9.97.